The summed E-state index contributed by atoms with van der Waals surface area (Å²) in [5.41, 5.74) is 8.20. The Kier molecular flexibility index (Phi) is 7.69. The number of nitrogens with zero attached hydrogens (tertiary/aromatic N) is 4. The zero-order valence-electron chi connectivity index (χ0n) is 19.2. The van der Waals surface area contributed by atoms with Crippen molar-refractivity contribution in [2.24, 2.45) is 0 Å². The van der Waals surface area contributed by atoms with Gasteiger partial charge in [0.25, 0.3) is 11.8 Å². The molecule has 11 heteroatoms. The first-order valence-corrected chi connectivity index (χ1v) is 12.1. The lowest BCUT2D eigenvalue weighted by molar-refractivity contribution is 0.466. The van der Waals surface area contributed by atoms with Gasteiger partial charge in [0, 0.05) is 18.7 Å². The van der Waals surface area contributed by atoms with Crippen LogP contribution < -0.4 is 11.1 Å². The number of nitrogens with one attached hydrogen (secondary N) is 1. The van der Waals surface area contributed by atoms with E-state index < -0.39 is 23.7 Å². The van der Waals surface area contributed by atoms with E-state index in [1.807, 2.05) is 13.8 Å². The minimum absolute atomic E-state index is 0.00234. The van der Waals surface area contributed by atoms with Gasteiger partial charge in [0.15, 0.2) is 16.4 Å². The number of nitrogens with two attached hydrogens (primary N) is 1. The van der Waals surface area contributed by atoms with Crippen LogP contribution in [0.15, 0.2) is 58.0 Å². The Bertz CT molecular complexity index is 1300. The molecule has 0 spiro atoms. The molecule has 0 aliphatic carbocycles. The molecule has 8 nitrogen and oxygen atoms in total. The van der Waals surface area contributed by atoms with Gasteiger partial charge < -0.3 is 20.0 Å². The van der Waals surface area contributed by atoms with E-state index in [0.29, 0.717) is 17.8 Å². The molecule has 0 bridgehead atoms. The van der Waals surface area contributed by atoms with Gasteiger partial charge >= 0.3 is 0 Å². The summed E-state index contributed by atoms with van der Waals surface area (Å²) < 4.78 is 44.9. The average Bonchev–Trinajstić information content (AvgIpc) is 3.34. The average molecular weight is 499 g/mol. The maximum absolute atomic E-state index is 14.7. The second-order valence-electron chi connectivity index (χ2n) is 7.95. The van der Waals surface area contributed by atoms with Gasteiger partial charge in [0.1, 0.15) is 17.7 Å². The maximum Gasteiger partial charge on any atom is 0.270 e. The van der Waals surface area contributed by atoms with Crippen molar-refractivity contribution >= 4 is 17.0 Å². The summed E-state index contributed by atoms with van der Waals surface area (Å²) in [6.07, 6.45) is 1.51. The van der Waals surface area contributed by atoms with Crippen molar-refractivity contribution in [2.45, 2.75) is 30.5 Å². The van der Waals surface area contributed by atoms with Crippen molar-refractivity contribution in [1.29, 1.82) is 0 Å². The van der Waals surface area contributed by atoms with Crippen LogP contribution in [0.5, 0.6) is 0 Å². The fraction of sp³-hybridized carbons (Fsp3) is 0.250. The Hall–Kier alpha value is -3.41. The predicted octanol–water partition coefficient (Wildman–Crippen LogP) is 4.16. The van der Waals surface area contributed by atoms with Crippen LogP contribution in [-0.4, -0.2) is 43.2 Å². The third-order valence-corrected chi connectivity index (χ3v) is 6.70. The summed E-state index contributed by atoms with van der Waals surface area (Å²) in [6.45, 7) is 3.83. The Labute approximate surface area is 204 Å². The van der Waals surface area contributed by atoms with Crippen molar-refractivity contribution < 1.29 is 17.8 Å². The molecular weight excluding hydrogens is 474 g/mol. The minimum atomic E-state index is -1.10. The summed E-state index contributed by atoms with van der Waals surface area (Å²) in [4.78, 5) is 9.42. The van der Waals surface area contributed by atoms with Crippen molar-refractivity contribution in [2.75, 3.05) is 19.0 Å². The molecule has 2 aromatic heterocycles. The zero-order chi connectivity index (χ0) is 24.9. The summed E-state index contributed by atoms with van der Waals surface area (Å²) >= 11 is -1.10. The Balaban J connectivity index is 1.58. The van der Waals surface area contributed by atoms with Crippen LogP contribution in [0.3, 0.4) is 0 Å². The Morgan fingerprint density at radius 1 is 1.11 bits per heavy atom. The molecule has 35 heavy (non-hydrogen) atoms. The molecule has 1 unspecified atom stereocenters. The Morgan fingerprint density at radius 3 is 2.54 bits per heavy atom. The number of anilines is 1. The van der Waals surface area contributed by atoms with Gasteiger partial charge in [-0.15, -0.1) is 10.2 Å². The van der Waals surface area contributed by atoms with Crippen molar-refractivity contribution in [1.82, 2.24) is 25.5 Å². The highest BCUT2D eigenvalue weighted by Gasteiger charge is 2.20. The molecule has 0 radical (unpaired) electrons. The quantitative estimate of drug-likeness (QED) is 0.260. The summed E-state index contributed by atoms with van der Waals surface area (Å²) in [6, 6.07) is 11.7. The second kappa shape index (κ2) is 10.9. The molecule has 0 saturated heterocycles. The fourth-order valence-corrected chi connectivity index (χ4v) is 4.24. The molecule has 0 saturated carbocycles. The number of aromatic nitrogens is 4. The normalized spacial score (nSPS) is 12.3. The van der Waals surface area contributed by atoms with Gasteiger partial charge in [-0.05, 0) is 67.0 Å². The van der Waals surface area contributed by atoms with Crippen molar-refractivity contribution in [3.63, 3.8) is 0 Å². The molecule has 3 N–H and O–H groups in total. The van der Waals surface area contributed by atoms with Crippen LogP contribution in [0, 0.1) is 5.82 Å². The third kappa shape index (κ3) is 5.64. The van der Waals surface area contributed by atoms with Crippen molar-refractivity contribution in [3.05, 3.63) is 60.0 Å². The molecule has 0 aliphatic rings. The highest BCUT2D eigenvalue weighted by molar-refractivity contribution is 7.92. The van der Waals surface area contributed by atoms with Crippen LogP contribution in [0.1, 0.15) is 19.4 Å². The van der Waals surface area contributed by atoms with Crippen LogP contribution in [0.2, 0.25) is 0 Å². The number of benzene rings is 2. The first kappa shape index (κ1) is 24.7. The number of hydrogen-bond acceptors (Lipinski definition) is 8. The van der Waals surface area contributed by atoms with Gasteiger partial charge in [0.2, 0.25) is 0 Å². The van der Waals surface area contributed by atoms with E-state index >= 15 is 0 Å². The van der Waals surface area contributed by atoms with Gasteiger partial charge in [-0.1, -0.05) is 6.07 Å². The van der Waals surface area contributed by atoms with E-state index in [1.165, 1.54) is 18.3 Å². The standard InChI is InChI=1S/C24H24F2N6O2S/c1-14(2)35(33)17-6-4-16(5-7-17)20-13-29-22(27)21(30-20)24-32-31-23(34-24)18-8-3-15(11-19(18)26)12-28-10-9-25/h3-8,11,13-14,28H,9-10,12H2,1-2H3,(H2,27,29). The van der Waals surface area contributed by atoms with E-state index in [-0.39, 0.29) is 40.7 Å². The number of hydrogen-bond donors (Lipinski definition) is 2. The summed E-state index contributed by atoms with van der Waals surface area (Å²) in [5, 5.41) is 10.8. The van der Waals surface area contributed by atoms with Crippen molar-refractivity contribution in [3.8, 4) is 34.3 Å². The molecule has 2 aromatic carbocycles. The highest BCUT2D eigenvalue weighted by Crippen LogP contribution is 2.29. The van der Waals surface area contributed by atoms with Crippen LogP contribution in [-0.2, 0) is 17.7 Å². The van der Waals surface area contributed by atoms with E-state index in [1.54, 1.807) is 30.3 Å². The number of alkyl halides is 1. The third-order valence-electron chi connectivity index (χ3n) is 5.10. The van der Waals surface area contributed by atoms with Gasteiger partial charge in [-0.25, -0.2) is 18.7 Å². The molecule has 0 amide bonds. The lowest BCUT2D eigenvalue weighted by Gasteiger charge is -2.14. The summed E-state index contributed by atoms with van der Waals surface area (Å²) in [5.74, 6) is -0.506. The summed E-state index contributed by atoms with van der Waals surface area (Å²) in [7, 11) is 0. The molecule has 0 aliphatic heterocycles. The molecule has 0 fully saturated rings. The smallest absolute Gasteiger partial charge is 0.270 e. The number of rotatable bonds is 9. The predicted molar refractivity (Wildman–Crippen MR) is 130 cm³/mol. The van der Waals surface area contributed by atoms with Gasteiger partial charge in [-0.3, -0.25) is 0 Å². The fourth-order valence-electron chi connectivity index (χ4n) is 3.30. The van der Waals surface area contributed by atoms with Crippen LogP contribution in [0.25, 0.3) is 34.3 Å². The molecular formula is C24H24F2N6O2S. The number of halogens is 2. The number of nitrogen functional groups attached to an aromatic ring is 1. The van der Waals surface area contributed by atoms with E-state index in [4.69, 9.17) is 10.2 Å². The molecule has 2 heterocycles. The Morgan fingerprint density at radius 2 is 1.86 bits per heavy atom. The van der Waals surface area contributed by atoms with E-state index in [0.717, 1.165) is 10.5 Å². The molecule has 1 atom stereocenters. The van der Waals surface area contributed by atoms with E-state index in [9.17, 15) is 13.3 Å². The van der Waals surface area contributed by atoms with Gasteiger partial charge in [0.05, 0.1) is 17.5 Å². The van der Waals surface area contributed by atoms with E-state index in [2.05, 4.69) is 25.5 Å². The zero-order valence-corrected chi connectivity index (χ0v) is 20.0. The minimum Gasteiger partial charge on any atom is -0.611 e. The SMILES string of the molecule is CC(C)[S+]([O-])c1ccc(-c2cnc(N)c(-c3nnc(-c4ccc(CNCCF)cc4F)o3)n2)cc1. The second-order valence-corrected chi connectivity index (χ2v) is 9.96. The monoisotopic (exact) mass is 498 g/mol. The maximum atomic E-state index is 14.7. The van der Waals surface area contributed by atoms with Gasteiger partial charge in [-0.2, -0.15) is 0 Å². The molecule has 182 valence electrons. The first-order valence-electron chi connectivity index (χ1n) is 10.9. The largest absolute Gasteiger partial charge is 0.611 e. The first-order chi connectivity index (χ1) is 16.9. The highest BCUT2D eigenvalue weighted by atomic mass is 32.2. The topological polar surface area (TPSA) is 126 Å². The molecule has 4 aromatic rings. The lowest BCUT2D eigenvalue weighted by atomic mass is 10.1. The lowest BCUT2D eigenvalue weighted by Crippen LogP contribution is -2.16. The van der Waals surface area contributed by atoms with Crippen LogP contribution in [0.4, 0.5) is 14.6 Å². The molecule has 4 rings (SSSR count). The van der Waals surface area contributed by atoms with Crippen LogP contribution >= 0.6 is 0 Å².